The van der Waals surface area contributed by atoms with Crippen LogP contribution in [-0.2, 0) is 19.1 Å². The first-order valence-electron chi connectivity index (χ1n) is 9.73. The van der Waals surface area contributed by atoms with Gasteiger partial charge in [-0.05, 0) is 45.2 Å². The molecule has 0 radical (unpaired) electrons. The molecule has 1 saturated carbocycles. The molecule has 1 aliphatic heterocycles. The number of benzene rings is 1. The van der Waals surface area contributed by atoms with E-state index < -0.39 is 29.4 Å². The van der Waals surface area contributed by atoms with Crippen LogP contribution in [-0.4, -0.2) is 65.3 Å². The highest BCUT2D eigenvalue weighted by Gasteiger charge is 2.47. The molecule has 1 aromatic carbocycles. The molecule has 3 rings (SSSR count). The summed E-state index contributed by atoms with van der Waals surface area (Å²) in [5.74, 6) is -1.47. The highest BCUT2D eigenvalue weighted by molar-refractivity contribution is 6.05. The number of carbonyl (C=O) groups is 4. The molecule has 8 heteroatoms. The molecular weight excluding hydrogens is 374 g/mol. The lowest BCUT2D eigenvalue weighted by Crippen LogP contribution is -2.45. The maximum absolute atomic E-state index is 12.9. The minimum atomic E-state index is -0.727. The molecule has 2 aliphatic rings. The lowest BCUT2D eigenvalue weighted by atomic mass is 10.0. The molecule has 0 aromatic heterocycles. The second-order valence-electron chi connectivity index (χ2n) is 8.49. The molecule has 1 heterocycles. The SMILES string of the molecule is CN(CC(=O)OC(C)(C)C)C(=O)CNC(=O)C1c2ccccc2C(=O)N1C1CC1. The summed E-state index contributed by atoms with van der Waals surface area (Å²) in [6.07, 6.45) is 1.75. The molecule has 29 heavy (non-hydrogen) atoms. The molecule has 1 N–H and O–H groups in total. The lowest BCUT2D eigenvalue weighted by Gasteiger charge is -2.25. The Hall–Kier alpha value is -2.90. The van der Waals surface area contributed by atoms with Gasteiger partial charge in [0.2, 0.25) is 11.8 Å². The van der Waals surface area contributed by atoms with E-state index in [0.29, 0.717) is 11.1 Å². The minimum Gasteiger partial charge on any atom is -0.459 e. The summed E-state index contributed by atoms with van der Waals surface area (Å²) < 4.78 is 5.20. The molecule has 0 bridgehead atoms. The third-order valence-corrected chi connectivity index (χ3v) is 4.81. The van der Waals surface area contributed by atoms with Crippen molar-refractivity contribution in [2.24, 2.45) is 0 Å². The Bertz CT molecular complexity index is 841. The van der Waals surface area contributed by atoms with E-state index in [-0.39, 0.29) is 25.0 Å². The van der Waals surface area contributed by atoms with Crippen LogP contribution in [0.15, 0.2) is 24.3 Å². The number of carbonyl (C=O) groups excluding carboxylic acids is 4. The summed E-state index contributed by atoms with van der Waals surface area (Å²) in [7, 11) is 1.48. The Balaban J connectivity index is 1.60. The van der Waals surface area contributed by atoms with Crippen molar-refractivity contribution in [1.29, 1.82) is 0 Å². The van der Waals surface area contributed by atoms with Crippen molar-refractivity contribution in [2.45, 2.75) is 51.3 Å². The van der Waals surface area contributed by atoms with E-state index in [2.05, 4.69) is 5.32 Å². The first-order chi connectivity index (χ1) is 13.6. The standard InChI is InChI=1S/C21H27N3O5/c1-21(2,3)29-17(26)12-23(4)16(25)11-22-19(27)18-14-7-5-6-8-15(14)20(28)24(18)13-9-10-13/h5-8,13,18H,9-12H2,1-4H3,(H,22,27). The van der Waals surface area contributed by atoms with Crippen molar-refractivity contribution < 1.29 is 23.9 Å². The number of rotatable bonds is 6. The second kappa shape index (κ2) is 7.85. The number of nitrogens with one attached hydrogen (secondary N) is 1. The zero-order valence-electron chi connectivity index (χ0n) is 17.2. The fourth-order valence-electron chi connectivity index (χ4n) is 3.38. The van der Waals surface area contributed by atoms with Crippen LogP contribution in [0.4, 0.5) is 0 Å². The third kappa shape index (κ3) is 4.75. The zero-order chi connectivity index (χ0) is 21.3. The van der Waals surface area contributed by atoms with Crippen LogP contribution in [0.2, 0.25) is 0 Å². The van der Waals surface area contributed by atoms with Crippen molar-refractivity contribution in [3.05, 3.63) is 35.4 Å². The summed E-state index contributed by atoms with van der Waals surface area (Å²) in [4.78, 5) is 52.6. The van der Waals surface area contributed by atoms with Crippen molar-refractivity contribution in [2.75, 3.05) is 20.1 Å². The fraction of sp³-hybridized carbons (Fsp3) is 0.524. The van der Waals surface area contributed by atoms with E-state index >= 15 is 0 Å². The van der Waals surface area contributed by atoms with Crippen molar-refractivity contribution in [3.8, 4) is 0 Å². The molecule has 1 aromatic rings. The first kappa shape index (κ1) is 20.8. The molecule has 3 amide bonds. The lowest BCUT2D eigenvalue weighted by molar-refractivity contribution is -0.158. The van der Waals surface area contributed by atoms with Crippen LogP contribution >= 0.6 is 0 Å². The smallest absolute Gasteiger partial charge is 0.326 e. The Kier molecular flexibility index (Phi) is 5.64. The van der Waals surface area contributed by atoms with Crippen molar-refractivity contribution in [3.63, 3.8) is 0 Å². The van der Waals surface area contributed by atoms with E-state index in [4.69, 9.17) is 4.74 Å². The van der Waals surface area contributed by atoms with E-state index in [1.807, 2.05) is 0 Å². The van der Waals surface area contributed by atoms with Gasteiger partial charge in [0.05, 0.1) is 6.54 Å². The van der Waals surface area contributed by atoms with Crippen molar-refractivity contribution >= 4 is 23.7 Å². The average Bonchev–Trinajstić information content (AvgIpc) is 3.42. The van der Waals surface area contributed by atoms with Gasteiger partial charge in [0, 0.05) is 18.7 Å². The molecule has 0 saturated heterocycles. The minimum absolute atomic E-state index is 0.0659. The molecule has 1 fully saturated rings. The van der Waals surface area contributed by atoms with Gasteiger partial charge in [-0.2, -0.15) is 0 Å². The highest BCUT2D eigenvalue weighted by atomic mass is 16.6. The molecule has 0 spiro atoms. The largest absolute Gasteiger partial charge is 0.459 e. The monoisotopic (exact) mass is 401 g/mol. The normalized spacial score (nSPS) is 18.3. The van der Waals surface area contributed by atoms with Gasteiger partial charge in [0.15, 0.2) is 0 Å². The summed E-state index contributed by atoms with van der Waals surface area (Å²) in [6.45, 7) is 4.78. The molecular formula is C21H27N3O5. The topological polar surface area (TPSA) is 96.0 Å². The third-order valence-electron chi connectivity index (χ3n) is 4.81. The molecule has 156 valence electrons. The maximum atomic E-state index is 12.9. The van der Waals surface area contributed by atoms with Gasteiger partial charge < -0.3 is 19.9 Å². The maximum Gasteiger partial charge on any atom is 0.326 e. The van der Waals surface area contributed by atoms with Crippen LogP contribution in [0.5, 0.6) is 0 Å². The molecule has 1 aliphatic carbocycles. The number of ether oxygens (including phenoxy) is 1. The number of likely N-dealkylation sites (N-methyl/N-ethyl adjacent to an activating group) is 1. The van der Waals surface area contributed by atoms with Gasteiger partial charge in [-0.1, -0.05) is 18.2 Å². The van der Waals surface area contributed by atoms with Crippen LogP contribution < -0.4 is 5.32 Å². The number of hydrogen-bond acceptors (Lipinski definition) is 5. The Morgan fingerprint density at radius 2 is 1.86 bits per heavy atom. The Morgan fingerprint density at radius 3 is 2.48 bits per heavy atom. The zero-order valence-corrected chi connectivity index (χ0v) is 17.2. The highest BCUT2D eigenvalue weighted by Crippen LogP contribution is 2.41. The van der Waals surface area contributed by atoms with Gasteiger partial charge in [-0.25, -0.2) is 0 Å². The number of nitrogens with zero attached hydrogens (tertiary/aromatic N) is 2. The number of fused-ring (bicyclic) bond motifs is 1. The number of esters is 1. The van der Waals surface area contributed by atoms with E-state index in [1.54, 1.807) is 49.9 Å². The van der Waals surface area contributed by atoms with Gasteiger partial charge in [0.1, 0.15) is 18.2 Å². The number of amides is 3. The summed E-state index contributed by atoms with van der Waals surface area (Å²) in [5.41, 5.74) is 0.563. The second-order valence-corrected chi connectivity index (χ2v) is 8.49. The predicted octanol–water partition coefficient (Wildman–Crippen LogP) is 1.26. The van der Waals surface area contributed by atoms with E-state index in [9.17, 15) is 19.2 Å². The Morgan fingerprint density at radius 1 is 1.21 bits per heavy atom. The average molecular weight is 401 g/mol. The van der Waals surface area contributed by atoms with Gasteiger partial charge in [-0.15, -0.1) is 0 Å². The van der Waals surface area contributed by atoms with E-state index in [0.717, 1.165) is 12.8 Å². The summed E-state index contributed by atoms with van der Waals surface area (Å²) in [5, 5.41) is 2.62. The van der Waals surface area contributed by atoms with Crippen LogP contribution in [0, 0.1) is 0 Å². The quantitative estimate of drug-likeness (QED) is 0.724. The van der Waals surface area contributed by atoms with Gasteiger partial charge >= 0.3 is 5.97 Å². The van der Waals surface area contributed by atoms with Crippen molar-refractivity contribution in [1.82, 2.24) is 15.1 Å². The summed E-state index contributed by atoms with van der Waals surface area (Å²) in [6, 6.07) is 6.40. The van der Waals surface area contributed by atoms with E-state index in [1.165, 1.54) is 11.9 Å². The van der Waals surface area contributed by atoms with Crippen LogP contribution in [0.25, 0.3) is 0 Å². The van der Waals surface area contributed by atoms with Gasteiger partial charge in [-0.3, -0.25) is 19.2 Å². The first-order valence-corrected chi connectivity index (χ1v) is 9.73. The number of hydrogen-bond donors (Lipinski definition) is 1. The summed E-state index contributed by atoms with van der Waals surface area (Å²) >= 11 is 0. The molecule has 8 nitrogen and oxygen atoms in total. The predicted molar refractivity (Wildman–Crippen MR) is 105 cm³/mol. The molecule has 1 atom stereocenters. The molecule has 1 unspecified atom stereocenters. The Labute approximate surface area is 170 Å². The van der Waals surface area contributed by atoms with Crippen LogP contribution in [0.3, 0.4) is 0 Å². The van der Waals surface area contributed by atoms with Gasteiger partial charge in [0.25, 0.3) is 5.91 Å². The fourth-order valence-corrected chi connectivity index (χ4v) is 3.38. The van der Waals surface area contributed by atoms with Crippen LogP contribution in [0.1, 0.15) is 55.6 Å².